The Morgan fingerprint density at radius 3 is 2.85 bits per heavy atom. The average molecular weight is 181 g/mol. The van der Waals surface area contributed by atoms with Crippen LogP contribution in [0, 0.1) is 11.6 Å². The van der Waals surface area contributed by atoms with Crippen molar-refractivity contribution in [2.45, 2.75) is 6.42 Å². The van der Waals surface area contributed by atoms with Crippen molar-refractivity contribution < 1.29 is 13.6 Å². The van der Waals surface area contributed by atoms with Crippen LogP contribution in [-0.4, -0.2) is 6.29 Å². The van der Waals surface area contributed by atoms with E-state index in [2.05, 4.69) is 0 Å². The third kappa shape index (κ3) is 2.47. The van der Waals surface area contributed by atoms with Gasteiger partial charge in [0.25, 0.3) is 0 Å². The fourth-order valence-electron chi connectivity index (χ4n) is 0.883. The molecular weight excluding hydrogens is 174 g/mol. The lowest BCUT2D eigenvalue weighted by molar-refractivity contribution is 0.507. The lowest BCUT2D eigenvalue weighted by Crippen LogP contribution is -1.86. The Balaban J connectivity index is 2.88. The minimum atomic E-state index is -0.898. The highest BCUT2D eigenvalue weighted by Gasteiger charge is 2.03. The van der Waals surface area contributed by atoms with Crippen LogP contribution in [0.4, 0.5) is 8.78 Å². The highest BCUT2D eigenvalue weighted by Crippen LogP contribution is 2.12. The van der Waals surface area contributed by atoms with Gasteiger partial charge in [0.2, 0.25) is 6.29 Å². The van der Waals surface area contributed by atoms with Gasteiger partial charge >= 0.3 is 0 Å². The van der Waals surface area contributed by atoms with E-state index >= 15 is 0 Å². The van der Waals surface area contributed by atoms with Crippen LogP contribution in [0.5, 0.6) is 0 Å². The molecule has 0 bridgehead atoms. The molecule has 0 saturated carbocycles. The van der Waals surface area contributed by atoms with E-state index in [1.165, 1.54) is 24.3 Å². The minimum Gasteiger partial charge on any atom is -0.291 e. The molecule has 0 aliphatic rings. The quantitative estimate of drug-likeness (QED) is 0.700. The lowest BCUT2D eigenvalue weighted by atomic mass is 10.2. The second kappa shape index (κ2) is 4.50. The van der Waals surface area contributed by atoms with E-state index in [1.54, 1.807) is 6.29 Å². The highest BCUT2D eigenvalue weighted by molar-refractivity contribution is 5.58. The van der Waals surface area contributed by atoms with Crippen molar-refractivity contribution in [3.05, 3.63) is 41.5 Å². The first-order valence-corrected chi connectivity index (χ1v) is 3.71. The topological polar surface area (TPSA) is 17.1 Å². The largest absolute Gasteiger partial charge is 0.291 e. The van der Waals surface area contributed by atoms with Crippen LogP contribution < -0.4 is 0 Å². The third-order valence-corrected chi connectivity index (χ3v) is 1.48. The molecule has 0 saturated heterocycles. The first-order valence-electron chi connectivity index (χ1n) is 3.71. The number of hydrogen-bond donors (Lipinski definition) is 0. The molecule has 0 amide bonds. The number of hydrogen-bond acceptors (Lipinski definition) is 1. The highest BCUT2D eigenvalue weighted by atomic mass is 19.2. The van der Waals surface area contributed by atoms with E-state index in [0.717, 1.165) is 6.07 Å². The van der Waals surface area contributed by atoms with Gasteiger partial charge in [0.15, 0.2) is 11.6 Å². The molecule has 0 aliphatic carbocycles. The van der Waals surface area contributed by atoms with Crippen LogP contribution in [0.1, 0.15) is 12.0 Å². The number of halogens is 2. The van der Waals surface area contributed by atoms with Crippen molar-refractivity contribution in [2.75, 3.05) is 0 Å². The van der Waals surface area contributed by atoms with Crippen molar-refractivity contribution in [1.29, 1.82) is 0 Å². The van der Waals surface area contributed by atoms with Crippen LogP contribution in [0.3, 0.4) is 0 Å². The van der Waals surface area contributed by atoms with Crippen LogP contribution in [0.2, 0.25) is 0 Å². The Kier molecular flexibility index (Phi) is 3.31. The summed E-state index contributed by atoms with van der Waals surface area (Å²) in [4.78, 5) is 9.80. The maximum Gasteiger partial charge on any atom is 0.202 e. The lowest BCUT2D eigenvalue weighted by Gasteiger charge is -1.96. The zero-order chi connectivity index (χ0) is 9.68. The molecule has 1 rings (SSSR count). The van der Waals surface area contributed by atoms with E-state index in [0.29, 0.717) is 0 Å². The summed E-state index contributed by atoms with van der Waals surface area (Å²) in [5, 5.41) is 0. The van der Waals surface area contributed by atoms with Gasteiger partial charge in [-0.15, -0.1) is 0 Å². The van der Waals surface area contributed by atoms with Crippen molar-refractivity contribution in [1.82, 2.24) is 0 Å². The zero-order valence-electron chi connectivity index (χ0n) is 6.76. The Morgan fingerprint density at radius 1 is 1.38 bits per heavy atom. The standard InChI is InChI=1S/C10H7F2O/c11-9-6-3-5-8(10(9)12)4-1-2-7-13/h1,3-6H,2H2/b4-1+. The fourth-order valence-corrected chi connectivity index (χ4v) is 0.883. The zero-order valence-corrected chi connectivity index (χ0v) is 6.76. The summed E-state index contributed by atoms with van der Waals surface area (Å²) in [5.41, 5.74) is 0.134. The minimum absolute atomic E-state index is 0.0793. The van der Waals surface area contributed by atoms with Crippen molar-refractivity contribution >= 4 is 12.4 Å². The van der Waals surface area contributed by atoms with Gasteiger partial charge in [-0.05, 0) is 6.07 Å². The second-order valence-corrected chi connectivity index (χ2v) is 2.39. The molecular formula is C10H7F2O. The normalized spacial score (nSPS) is 10.6. The predicted octanol–water partition coefficient (Wildman–Crippen LogP) is 2.48. The number of allylic oxidation sites excluding steroid dienone is 1. The molecule has 1 radical (unpaired) electrons. The number of rotatable bonds is 3. The summed E-state index contributed by atoms with van der Waals surface area (Å²) in [5.74, 6) is -1.79. The van der Waals surface area contributed by atoms with Crippen LogP contribution in [0.15, 0.2) is 24.3 Å². The van der Waals surface area contributed by atoms with Gasteiger partial charge in [-0.1, -0.05) is 24.3 Å². The smallest absolute Gasteiger partial charge is 0.202 e. The number of carbonyl (C=O) groups excluding carboxylic acids is 1. The van der Waals surface area contributed by atoms with Crippen LogP contribution in [-0.2, 0) is 4.79 Å². The van der Waals surface area contributed by atoms with E-state index in [1.807, 2.05) is 0 Å². The first-order chi connectivity index (χ1) is 6.25. The van der Waals surface area contributed by atoms with Gasteiger partial charge in [-0.3, -0.25) is 4.79 Å². The Morgan fingerprint density at radius 2 is 2.15 bits per heavy atom. The molecule has 0 heterocycles. The Bertz CT molecular complexity index is 332. The second-order valence-electron chi connectivity index (χ2n) is 2.39. The predicted molar refractivity (Wildman–Crippen MR) is 45.7 cm³/mol. The van der Waals surface area contributed by atoms with E-state index in [-0.39, 0.29) is 12.0 Å². The Hall–Kier alpha value is -1.51. The molecule has 3 heteroatoms. The molecule has 1 aromatic rings. The monoisotopic (exact) mass is 181 g/mol. The van der Waals surface area contributed by atoms with E-state index < -0.39 is 11.6 Å². The van der Waals surface area contributed by atoms with Crippen LogP contribution >= 0.6 is 0 Å². The summed E-state index contributed by atoms with van der Waals surface area (Å²) in [6, 6.07) is 3.88. The molecule has 0 N–H and O–H groups in total. The molecule has 0 aromatic heterocycles. The van der Waals surface area contributed by atoms with Crippen LogP contribution in [0.25, 0.3) is 6.08 Å². The molecule has 0 fully saturated rings. The molecule has 0 unspecified atom stereocenters. The van der Waals surface area contributed by atoms with Gasteiger partial charge in [0, 0.05) is 12.0 Å². The van der Waals surface area contributed by atoms with E-state index in [9.17, 15) is 13.6 Å². The maximum absolute atomic E-state index is 12.9. The number of benzene rings is 1. The molecule has 0 atom stereocenters. The molecule has 13 heavy (non-hydrogen) atoms. The van der Waals surface area contributed by atoms with E-state index in [4.69, 9.17) is 0 Å². The fraction of sp³-hybridized carbons (Fsp3) is 0.100. The molecule has 67 valence electrons. The van der Waals surface area contributed by atoms with Gasteiger partial charge in [-0.2, -0.15) is 0 Å². The molecule has 1 aromatic carbocycles. The van der Waals surface area contributed by atoms with Crippen molar-refractivity contribution in [3.63, 3.8) is 0 Å². The molecule has 0 spiro atoms. The SMILES string of the molecule is O=[C]C/C=C/c1cccc(F)c1F. The maximum atomic E-state index is 12.9. The van der Waals surface area contributed by atoms with Gasteiger partial charge in [-0.25, -0.2) is 8.78 Å². The molecule has 1 nitrogen and oxygen atoms in total. The third-order valence-electron chi connectivity index (χ3n) is 1.48. The van der Waals surface area contributed by atoms with Gasteiger partial charge in [0.1, 0.15) is 0 Å². The summed E-state index contributed by atoms with van der Waals surface area (Å²) in [6.07, 6.45) is 4.47. The van der Waals surface area contributed by atoms with Gasteiger partial charge in [0.05, 0.1) is 0 Å². The summed E-state index contributed by atoms with van der Waals surface area (Å²) in [6.45, 7) is 0. The average Bonchev–Trinajstić information content (AvgIpc) is 2.13. The summed E-state index contributed by atoms with van der Waals surface area (Å²) < 4.78 is 25.5. The first kappa shape index (κ1) is 9.58. The van der Waals surface area contributed by atoms with Gasteiger partial charge < -0.3 is 0 Å². The molecule has 0 aliphatic heterocycles. The Labute approximate surface area is 74.7 Å². The van der Waals surface area contributed by atoms with Crippen molar-refractivity contribution in [3.8, 4) is 0 Å². The summed E-state index contributed by atoms with van der Waals surface area (Å²) >= 11 is 0. The summed E-state index contributed by atoms with van der Waals surface area (Å²) in [7, 11) is 0. The van der Waals surface area contributed by atoms with Crippen molar-refractivity contribution in [2.24, 2.45) is 0 Å².